The van der Waals surface area contributed by atoms with E-state index in [1.807, 2.05) is 31.2 Å². The second-order valence-corrected chi connectivity index (χ2v) is 11.9. The van der Waals surface area contributed by atoms with Crippen molar-refractivity contribution in [3.05, 3.63) is 60.2 Å². The molecule has 1 fully saturated rings. The van der Waals surface area contributed by atoms with Crippen LogP contribution in [0, 0.1) is 0 Å². The molecule has 0 aromatic heterocycles. The molecular weight excluding hydrogens is 502 g/mol. The summed E-state index contributed by atoms with van der Waals surface area (Å²) >= 11 is 0. The molecule has 8 nitrogen and oxygen atoms in total. The molecule has 3 rings (SSSR count). The Hall–Kier alpha value is -2.91. The molecule has 1 saturated carbocycles. The van der Waals surface area contributed by atoms with Gasteiger partial charge in [-0.15, -0.1) is 0 Å². The van der Waals surface area contributed by atoms with Crippen LogP contribution in [0.3, 0.4) is 0 Å². The number of benzene rings is 2. The van der Waals surface area contributed by atoms with E-state index >= 15 is 0 Å². The molecule has 9 heteroatoms. The van der Waals surface area contributed by atoms with Crippen LogP contribution < -0.4 is 10.1 Å². The van der Waals surface area contributed by atoms with E-state index < -0.39 is 16.1 Å². The van der Waals surface area contributed by atoms with Gasteiger partial charge >= 0.3 is 0 Å². The molecule has 2 amide bonds. The number of carbonyl (C=O) groups is 2. The number of rotatable bonds is 13. The molecule has 208 valence electrons. The van der Waals surface area contributed by atoms with E-state index in [0.29, 0.717) is 18.6 Å². The van der Waals surface area contributed by atoms with E-state index in [1.54, 1.807) is 42.3 Å². The standard InChI is InChI=1S/C29H41N3O5S/c1-4-27(29(34)30-24-14-7-5-8-15-24)32(22-23-13-11-16-25(21-23)37-3)28(33)19-12-20-31(2)38(35,36)26-17-9-6-10-18-26/h6,9-11,13,16-18,21,24,27H,4-5,7-8,12,14-15,19-20,22H2,1-3H3,(H,30,34)/t27-/m1/s1. The maximum absolute atomic E-state index is 13.5. The largest absolute Gasteiger partial charge is 0.497 e. The number of ether oxygens (including phenoxy) is 1. The fourth-order valence-electron chi connectivity index (χ4n) is 4.92. The first-order chi connectivity index (χ1) is 18.3. The molecule has 2 aromatic carbocycles. The monoisotopic (exact) mass is 543 g/mol. The molecule has 0 bridgehead atoms. The Morgan fingerprint density at radius 2 is 1.76 bits per heavy atom. The van der Waals surface area contributed by atoms with Gasteiger partial charge in [-0.25, -0.2) is 12.7 Å². The van der Waals surface area contributed by atoms with Gasteiger partial charge in [0.05, 0.1) is 12.0 Å². The van der Waals surface area contributed by atoms with Crippen LogP contribution in [0.4, 0.5) is 0 Å². The van der Waals surface area contributed by atoms with Crippen LogP contribution in [-0.2, 0) is 26.2 Å². The van der Waals surface area contributed by atoms with E-state index in [-0.39, 0.29) is 42.3 Å². The fourth-order valence-corrected chi connectivity index (χ4v) is 6.15. The molecule has 2 aromatic rings. The summed E-state index contributed by atoms with van der Waals surface area (Å²) in [6.07, 6.45) is 6.29. The third kappa shape index (κ3) is 8.04. The Bertz CT molecular complexity index is 1150. The lowest BCUT2D eigenvalue weighted by molar-refractivity contribution is -0.141. The zero-order valence-electron chi connectivity index (χ0n) is 22.8. The predicted molar refractivity (Wildman–Crippen MR) is 148 cm³/mol. The average molecular weight is 544 g/mol. The number of hydrogen-bond acceptors (Lipinski definition) is 5. The second kappa shape index (κ2) is 14.3. The molecule has 1 atom stereocenters. The predicted octanol–water partition coefficient (Wildman–Crippen LogP) is 4.35. The van der Waals surface area contributed by atoms with E-state index in [2.05, 4.69) is 5.32 Å². The maximum Gasteiger partial charge on any atom is 0.243 e. The lowest BCUT2D eigenvalue weighted by atomic mass is 9.95. The second-order valence-electron chi connectivity index (χ2n) is 9.88. The third-order valence-electron chi connectivity index (χ3n) is 7.14. The van der Waals surface area contributed by atoms with Crippen molar-refractivity contribution in [3.63, 3.8) is 0 Å². The van der Waals surface area contributed by atoms with Crippen molar-refractivity contribution in [2.45, 2.75) is 81.8 Å². The van der Waals surface area contributed by atoms with Gasteiger partial charge < -0.3 is 15.0 Å². The zero-order chi connectivity index (χ0) is 27.5. The van der Waals surface area contributed by atoms with Crippen LogP contribution >= 0.6 is 0 Å². The quantitative estimate of drug-likeness (QED) is 0.405. The summed E-state index contributed by atoms with van der Waals surface area (Å²) < 4.78 is 32.3. The summed E-state index contributed by atoms with van der Waals surface area (Å²) in [5.74, 6) is 0.380. The molecule has 38 heavy (non-hydrogen) atoms. The third-order valence-corrected chi connectivity index (χ3v) is 9.01. The Balaban J connectivity index is 1.71. The minimum atomic E-state index is -3.63. The first-order valence-electron chi connectivity index (χ1n) is 13.5. The highest BCUT2D eigenvalue weighted by atomic mass is 32.2. The highest BCUT2D eigenvalue weighted by Gasteiger charge is 2.30. The Labute approximate surface area is 227 Å². The Morgan fingerprint density at radius 1 is 1.05 bits per heavy atom. The minimum Gasteiger partial charge on any atom is -0.497 e. The molecular formula is C29H41N3O5S. The lowest BCUT2D eigenvalue weighted by Gasteiger charge is -2.33. The van der Waals surface area contributed by atoms with Crippen molar-refractivity contribution in [3.8, 4) is 5.75 Å². The number of hydrogen-bond donors (Lipinski definition) is 1. The summed E-state index contributed by atoms with van der Waals surface area (Å²) in [6, 6.07) is 15.3. The van der Waals surface area contributed by atoms with Gasteiger partial charge in [-0.3, -0.25) is 9.59 Å². The van der Waals surface area contributed by atoms with Gasteiger partial charge in [0.25, 0.3) is 0 Å². The number of nitrogens with zero attached hydrogens (tertiary/aromatic N) is 2. The summed E-state index contributed by atoms with van der Waals surface area (Å²) in [5.41, 5.74) is 0.866. The Kier molecular flexibility index (Phi) is 11.2. The van der Waals surface area contributed by atoms with Crippen LogP contribution in [-0.4, -0.2) is 62.2 Å². The van der Waals surface area contributed by atoms with E-state index in [4.69, 9.17) is 4.74 Å². The minimum absolute atomic E-state index is 0.126. The number of carbonyl (C=O) groups excluding carboxylic acids is 2. The van der Waals surface area contributed by atoms with Crippen molar-refractivity contribution < 1.29 is 22.7 Å². The smallest absolute Gasteiger partial charge is 0.243 e. The first kappa shape index (κ1) is 29.6. The zero-order valence-corrected chi connectivity index (χ0v) is 23.6. The van der Waals surface area contributed by atoms with Gasteiger partial charge in [-0.1, -0.05) is 56.5 Å². The van der Waals surface area contributed by atoms with Crippen molar-refractivity contribution in [2.75, 3.05) is 20.7 Å². The summed E-state index contributed by atoms with van der Waals surface area (Å²) in [5, 5.41) is 3.18. The van der Waals surface area contributed by atoms with Crippen molar-refractivity contribution >= 4 is 21.8 Å². The van der Waals surface area contributed by atoms with Gasteiger partial charge in [0.15, 0.2) is 0 Å². The molecule has 0 unspecified atom stereocenters. The molecule has 1 aliphatic rings. The summed E-state index contributed by atoms with van der Waals surface area (Å²) in [4.78, 5) is 28.8. The van der Waals surface area contributed by atoms with Gasteiger partial charge in [-0.05, 0) is 55.5 Å². The number of methoxy groups -OCH3 is 1. The first-order valence-corrected chi connectivity index (χ1v) is 14.9. The highest BCUT2D eigenvalue weighted by molar-refractivity contribution is 7.89. The number of amides is 2. The summed E-state index contributed by atoms with van der Waals surface area (Å²) in [6.45, 7) is 2.38. The van der Waals surface area contributed by atoms with Crippen LogP contribution in [0.5, 0.6) is 5.75 Å². The maximum atomic E-state index is 13.5. The fraction of sp³-hybridized carbons (Fsp3) is 0.517. The molecule has 0 aliphatic heterocycles. The van der Waals surface area contributed by atoms with Gasteiger partial charge in [0.2, 0.25) is 21.8 Å². The summed E-state index contributed by atoms with van der Waals surface area (Å²) in [7, 11) is -0.521. The van der Waals surface area contributed by atoms with Crippen molar-refractivity contribution in [2.24, 2.45) is 0 Å². The van der Waals surface area contributed by atoms with Gasteiger partial charge in [0, 0.05) is 32.6 Å². The van der Waals surface area contributed by atoms with Crippen LogP contribution in [0.1, 0.15) is 63.9 Å². The van der Waals surface area contributed by atoms with E-state index in [9.17, 15) is 18.0 Å². The topological polar surface area (TPSA) is 96.0 Å². The molecule has 1 aliphatic carbocycles. The number of sulfonamides is 1. The Morgan fingerprint density at radius 3 is 2.42 bits per heavy atom. The number of nitrogens with one attached hydrogen (secondary N) is 1. The van der Waals surface area contributed by atoms with E-state index in [0.717, 1.165) is 31.2 Å². The lowest BCUT2D eigenvalue weighted by Crippen LogP contribution is -2.51. The molecule has 1 N–H and O–H groups in total. The van der Waals surface area contributed by atoms with Gasteiger partial charge in [0.1, 0.15) is 11.8 Å². The highest BCUT2D eigenvalue weighted by Crippen LogP contribution is 2.21. The van der Waals surface area contributed by atoms with Crippen LogP contribution in [0.15, 0.2) is 59.5 Å². The molecule has 0 saturated heterocycles. The van der Waals surface area contributed by atoms with Crippen LogP contribution in [0.2, 0.25) is 0 Å². The molecule has 0 spiro atoms. The van der Waals surface area contributed by atoms with Crippen LogP contribution in [0.25, 0.3) is 0 Å². The SMILES string of the molecule is CC[C@H](C(=O)NC1CCCCC1)N(Cc1cccc(OC)c1)C(=O)CCCN(C)S(=O)(=O)c1ccccc1. The molecule has 0 heterocycles. The average Bonchev–Trinajstić information content (AvgIpc) is 2.93. The van der Waals surface area contributed by atoms with Gasteiger partial charge in [-0.2, -0.15) is 0 Å². The van der Waals surface area contributed by atoms with Crippen molar-refractivity contribution in [1.82, 2.24) is 14.5 Å². The molecule has 0 radical (unpaired) electrons. The van der Waals surface area contributed by atoms with Crippen molar-refractivity contribution in [1.29, 1.82) is 0 Å². The van der Waals surface area contributed by atoms with E-state index in [1.165, 1.54) is 17.8 Å². The normalized spacial score (nSPS) is 15.2.